The third-order valence-electron chi connectivity index (χ3n) is 0. The summed E-state index contributed by atoms with van der Waals surface area (Å²) in [4.78, 5) is 26.7. The summed E-state index contributed by atoms with van der Waals surface area (Å²) in [5, 5.41) is 26.7. The molecule has 0 aliphatic carbocycles. The molecule has 0 spiro atoms. The average molecular weight is 256 g/mol. The number of rotatable bonds is 0. The molecule has 1 radical (unpaired) electrons. The van der Waals surface area contributed by atoms with Gasteiger partial charge in [0.15, 0.2) is 0 Å². The zero-order chi connectivity index (χ0) is 10.7. The predicted octanol–water partition coefficient (Wildman–Crippen LogP) is -4.11. The second-order valence-corrected chi connectivity index (χ2v) is 1.47. The van der Waals surface area contributed by atoms with Gasteiger partial charge >= 0.3 is 34.7 Å². The molecule has 0 saturated heterocycles. The smallest absolute Gasteiger partial charge is 0.550 e. The van der Waals surface area contributed by atoms with Crippen molar-refractivity contribution in [3.63, 3.8) is 0 Å². The van der Waals surface area contributed by atoms with Crippen LogP contribution in [-0.2, 0) is 31.7 Å². The topological polar surface area (TPSA) is 120 Å². The third-order valence-corrected chi connectivity index (χ3v) is 0. The number of carboxylic acid groups (broad SMARTS) is 3. The van der Waals surface area contributed by atoms with Crippen LogP contribution in [-0.4, -0.2) is 35.3 Å². The molecular formula is C6H9AlCrO6+3. The van der Waals surface area contributed by atoms with E-state index in [1.807, 2.05) is 0 Å². The summed E-state index contributed by atoms with van der Waals surface area (Å²) in [7, 11) is 0. The first-order chi connectivity index (χ1) is 5.20. The minimum Gasteiger partial charge on any atom is -0.550 e. The van der Waals surface area contributed by atoms with Gasteiger partial charge in [0.25, 0.3) is 0 Å². The van der Waals surface area contributed by atoms with Crippen LogP contribution in [0.2, 0.25) is 0 Å². The van der Waals surface area contributed by atoms with E-state index in [1.165, 1.54) is 0 Å². The third kappa shape index (κ3) is 4570. The van der Waals surface area contributed by atoms with E-state index in [2.05, 4.69) is 0 Å². The van der Waals surface area contributed by atoms with Crippen molar-refractivity contribution in [3.8, 4) is 0 Å². The van der Waals surface area contributed by atoms with Crippen LogP contribution in [0.25, 0.3) is 0 Å². The molecule has 0 aromatic carbocycles. The standard InChI is InChI=1S/3C2H4O2.Al.Cr/c3*1-2(3)4;;/h3*1H3,(H,3,4);;/q;;;2*+3/p-3. The van der Waals surface area contributed by atoms with Gasteiger partial charge in [0.1, 0.15) is 0 Å². The summed E-state index contributed by atoms with van der Waals surface area (Å²) in [5.74, 6) is -3.25. The van der Waals surface area contributed by atoms with Gasteiger partial charge in [-0.15, -0.1) is 0 Å². The minimum absolute atomic E-state index is 0. The Balaban J connectivity index is -0.0000000270. The largest absolute Gasteiger partial charge is 3.00 e. The quantitative estimate of drug-likeness (QED) is 0.406. The number of aliphatic carboxylic acids is 3. The van der Waals surface area contributed by atoms with Gasteiger partial charge in [-0.3, -0.25) is 0 Å². The van der Waals surface area contributed by atoms with E-state index in [9.17, 15) is 0 Å². The first-order valence-corrected chi connectivity index (χ1v) is 2.72. The zero-order valence-electron chi connectivity index (χ0n) is 7.94. The summed E-state index contributed by atoms with van der Waals surface area (Å²) in [5.41, 5.74) is 0. The molecule has 14 heavy (non-hydrogen) atoms. The summed E-state index contributed by atoms with van der Waals surface area (Å²) < 4.78 is 0. The van der Waals surface area contributed by atoms with Crippen LogP contribution >= 0.6 is 0 Å². The predicted molar refractivity (Wildman–Crippen MR) is 37.8 cm³/mol. The van der Waals surface area contributed by atoms with Gasteiger partial charge in [0.05, 0.1) is 0 Å². The molecule has 0 aromatic rings. The number of carbonyl (C=O) groups excluding carboxylic acids is 3. The minimum atomic E-state index is -1.08. The van der Waals surface area contributed by atoms with E-state index < -0.39 is 17.9 Å². The van der Waals surface area contributed by atoms with Crippen LogP contribution in [0, 0.1) is 0 Å². The van der Waals surface area contributed by atoms with Crippen LogP contribution in [0.4, 0.5) is 0 Å². The number of hydrogen-bond acceptors (Lipinski definition) is 6. The maximum Gasteiger partial charge on any atom is 3.00 e. The molecule has 0 aromatic heterocycles. The fourth-order valence-electron chi connectivity index (χ4n) is 0. The normalized spacial score (nSPS) is 5.36. The van der Waals surface area contributed by atoms with Crippen molar-refractivity contribution in [2.45, 2.75) is 20.8 Å². The van der Waals surface area contributed by atoms with E-state index in [-0.39, 0.29) is 34.7 Å². The van der Waals surface area contributed by atoms with E-state index in [0.29, 0.717) is 0 Å². The van der Waals surface area contributed by atoms with E-state index in [0.717, 1.165) is 20.8 Å². The molecule has 0 amide bonds. The van der Waals surface area contributed by atoms with Gasteiger partial charge in [0.2, 0.25) is 0 Å². The Morgan fingerprint density at radius 2 is 0.714 bits per heavy atom. The fourth-order valence-corrected chi connectivity index (χ4v) is 0. The molecule has 75 valence electrons. The van der Waals surface area contributed by atoms with E-state index >= 15 is 0 Å². The van der Waals surface area contributed by atoms with E-state index in [4.69, 9.17) is 29.7 Å². The molecule has 8 heteroatoms. The molecule has 0 rings (SSSR count). The first kappa shape index (κ1) is 29.2. The Kier molecular flexibility index (Phi) is 47.7. The van der Waals surface area contributed by atoms with Crippen molar-refractivity contribution in [1.82, 2.24) is 0 Å². The summed E-state index contributed by atoms with van der Waals surface area (Å²) in [6.07, 6.45) is 0. The first-order valence-electron chi connectivity index (χ1n) is 2.72. The molecule has 0 fully saturated rings. The van der Waals surface area contributed by atoms with Gasteiger partial charge in [-0.25, -0.2) is 0 Å². The Labute approximate surface area is 103 Å². The number of carbonyl (C=O) groups is 3. The van der Waals surface area contributed by atoms with Crippen LogP contribution in [0.5, 0.6) is 0 Å². The van der Waals surface area contributed by atoms with Crippen molar-refractivity contribution in [2.75, 3.05) is 0 Å². The summed E-state index contributed by atoms with van der Waals surface area (Å²) in [6.45, 7) is 2.92. The molecule has 0 N–H and O–H groups in total. The molecule has 0 bridgehead atoms. The van der Waals surface area contributed by atoms with Crippen molar-refractivity contribution >= 4 is 35.3 Å². The summed E-state index contributed by atoms with van der Waals surface area (Å²) in [6, 6.07) is 0. The maximum absolute atomic E-state index is 8.89. The fraction of sp³-hybridized carbons (Fsp3) is 0.500. The van der Waals surface area contributed by atoms with Crippen LogP contribution in [0.1, 0.15) is 20.8 Å². The number of carboxylic acids is 3. The second kappa shape index (κ2) is 22.9. The molecule has 0 aliphatic rings. The molecule has 0 atom stereocenters. The molecule has 0 unspecified atom stereocenters. The second-order valence-electron chi connectivity index (χ2n) is 1.47. The Hall–Kier alpha value is -0.525. The zero-order valence-corrected chi connectivity index (χ0v) is 10.4. The molecule has 0 saturated carbocycles. The molecule has 0 heterocycles. The molecular weight excluding hydrogens is 247 g/mol. The van der Waals surface area contributed by atoms with Crippen LogP contribution in [0.15, 0.2) is 0 Å². The van der Waals surface area contributed by atoms with Crippen molar-refractivity contribution < 1.29 is 47.1 Å². The van der Waals surface area contributed by atoms with Crippen molar-refractivity contribution in [1.29, 1.82) is 0 Å². The van der Waals surface area contributed by atoms with Gasteiger partial charge in [-0.05, 0) is 20.8 Å². The van der Waals surface area contributed by atoms with Crippen molar-refractivity contribution in [2.24, 2.45) is 0 Å². The van der Waals surface area contributed by atoms with Gasteiger partial charge in [-0.2, -0.15) is 0 Å². The molecule has 6 nitrogen and oxygen atoms in total. The molecule has 0 aliphatic heterocycles. The van der Waals surface area contributed by atoms with E-state index in [1.54, 1.807) is 0 Å². The Morgan fingerprint density at radius 1 is 0.714 bits per heavy atom. The number of hydrogen-bond donors (Lipinski definition) is 0. The SMILES string of the molecule is CC(=O)[O-].CC(=O)[O-].CC(=O)[O-].[Al+3].[Cr+3]. The average Bonchev–Trinajstić information content (AvgIpc) is 1.54. The Morgan fingerprint density at radius 3 is 0.714 bits per heavy atom. The Bertz CT molecular complexity index is 120. The van der Waals surface area contributed by atoms with Gasteiger partial charge in [0, 0.05) is 17.9 Å². The van der Waals surface area contributed by atoms with Crippen LogP contribution in [0.3, 0.4) is 0 Å². The van der Waals surface area contributed by atoms with Gasteiger partial charge < -0.3 is 29.7 Å². The maximum atomic E-state index is 8.89. The monoisotopic (exact) mass is 256 g/mol. The summed E-state index contributed by atoms with van der Waals surface area (Å²) >= 11 is 0. The van der Waals surface area contributed by atoms with Crippen LogP contribution < -0.4 is 15.3 Å². The van der Waals surface area contributed by atoms with Crippen molar-refractivity contribution in [3.05, 3.63) is 0 Å². The van der Waals surface area contributed by atoms with Gasteiger partial charge in [-0.1, -0.05) is 0 Å².